The molecule has 2 amide bonds. The Labute approximate surface area is 191 Å². The number of hydrogen-bond acceptors (Lipinski definition) is 6. The number of fused-ring (bicyclic) bond motifs is 1. The minimum atomic E-state index is -1.03. The summed E-state index contributed by atoms with van der Waals surface area (Å²) in [7, 11) is 1.70. The number of ether oxygens (including phenoxy) is 1. The highest BCUT2D eigenvalue weighted by Gasteiger charge is 2.29. The van der Waals surface area contributed by atoms with Gasteiger partial charge in [-0.05, 0) is 41.8 Å². The van der Waals surface area contributed by atoms with Gasteiger partial charge in [0.05, 0.1) is 29.8 Å². The van der Waals surface area contributed by atoms with Crippen LogP contribution in [0.25, 0.3) is 0 Å². The van der Waals surface area contributed by atoms with Crippen LogP contribution in [0, 0.1) is 0 Å². The standard InChI is InChI=1S/C24H27N3O6/c1-26(23(30)10-15-5-6-21-19(9-15)25-22(29)14-33-21)20(13-27-8-7-18(28)12-27)16-3-2-4-17(11-16)24(31)32/h2-6,9,11,18,20,28H,7-8,10,12-14H2,1H3,(H,25,29)(H,31,32)/t18-,20-/m1/s1. The van der Waals surface area contributed by atoms with Crippen LogP contribution in [0.1, 0.15) is 33.9 Å². The van der Waals surface area contributed by atoms with Crippen molar-refractivity contribution in [3.8, 4) is 5.75 Å². The van der Waals surface area contributed by atoms with Crippen LogP contribution in [-0.4, -0.2) is 77.2 Å². The Bertz CT molecular complexity index is 1070. The Morgan fingerprint density at radius 1 is 1.27 bits per heavy atom. The highest BCUT2D eigenvalue weighted by atomic mass is 16.5. The second-order valence-electron chi connectivity index (χ2n) is 8.50. The van der Waals surface area contributed by atoms with Gasteiger partial charge in [-0.2, -0.15) is 0 Å². The molecule has 3 N–H and O–H groups in total. The lowest BCUT2D eigenvalue weighted by atomic mass is 10.0. The number of carbonyl (C=O) groups is 3. The molecule has 0 bridgehead atoms. The van der Waals surface area contributed by atoms with Gasteiger partial charge in [0, 0.05) is 26.7 Å². The molecule has 0 radical (unpaired) electrons. The van der Waals surface area contributed by atoms with Gasteiger partial charge in [-0.3, -0.25) is 14.5 Å². The van der Waals surface area contributed by atoms with Gasteiger partial charge in [0.25, 0.3) is 5.91 Å². The molecule has 33 heavy (non-hydrogen) atoms. The maximum absolute atomic E-state index is 13.2. The van der Waals surface area contributed by atoms with Crippen molar-refractivity contribution < 1.29 is 29.3 Å². The van der Waals surface area contributed by atoms with Crippen molar-refractivity contribution in [3.63, 3.8) is 0 Å². The zero-order valence-electron chi connectivity index (χ0n) is 18.4. The normalized spacial score (nSPS) is 18.7. The van der Waals surface area contributed by atoms with Crippen molar-refractivity contribution in [2.24, 2.45) is 0 Å². The molecule has 2 aromatic carbocycles. The predicted molar refractivity (Wildman–Crippen MR) is 120 cm³/mol. The molecular formula is C24H27N3O6. The summed E-state index contributed by atoms with van der Waals surface area (Å²) in [6.07, 6.45) is 0.379. The van der Waals surface area contributed by atoms with E-state index >= 15 is 0 Å². The maximum atomic E-state index is 13.2. The Hall–Kier alpha value is -3.43. The average molecular weight is 453 g/mol. The third-order valence-corrected chi connectivity index (χ3v) is 6.09. The van der Waals surface area contributed by atoms with E-state index in [9.17, 15) is 24.6 Å². The van der Waals surface area contributed by atoms with Crippen LogP contribution < -0.4 is 10.1 Å². The summed E-state index contributed by atoms with van der Waals surface area (Å²) in [6.45, 7) is 1.68. The van der Waals surface area contributed by atoms with Crippen molar-refractivity contribution in [3.05, 3.63) is 59.2 Å². The summed E-state index contributed by atoms with van der Waals surface area (Å²) in [5.41, 5.74) is 2.14. The van der Waals surface area contributed by atoms with Crippen LogP contribution in [0.15, 0.2) is 42.5 Å². The molecule has 0 aliphatic carbocycles. The molecule has 9 nitrogen and oxygen atoms in total. The summed E-state index contributed by atoms with van der Waals surface area (Å²) in [6, 6.07) is 11.5. The molecule has 9 heteroatoms. The van der Waals surface area contributed by atoms with Gasteiger partial charge >= 0.3 is 5.97 Å². The van der Waals surface area contributed by atoms with Crippen LogP contribution in [0.3, 0.4) is 0 Å². The van der Waals surface area contributed by atoms with Gasteiger partial charge in [-0.1, -0.05) is 18.2 Å². The number of β-amino-alcohol motifs (C(OH)–C–C–N with tert-alkyl or cyclic N) is 1. The molecule has 0 saturated carbocycles. The zero-order chi connectivity index (χ0) is 23.5. The number of aromatic carboxylic acids is 1. The predicted octanol–water partition coefficient (Wildman–Crippen LogP) is 1.52. The monoisotopic (exact) mass is 453 g/mol. The lowest BCUT2D eigenvalue weighted by Crippen LogP contribution is -2.39. The molecule has 2 aliphatic rings. The Morgan fingerprint density at radius 3 is 2.82 bits per heavy atom. The van der Waals surface area contributed by atoms with Crippen LogP contribution in [-0.2, 0) is 16.0 Å². The summed E-state index contributed by atoms with van der Waals surface area (Å²) >= 11 is 0. The minimum absolute atomic E-state index is 0.0314. The van der Waals surface area contributed by atoms with Crippen LogP contribution in [0.4, 0.5) is 5.69 Å². The molecule has 2 aromatic rings. The number of benzene rings is 2. The lowest BCUT2D eigenvalue weighted by molar-refractivity contribution is -0.131. The molecular weight excluding hydrogens is 426 g/mol. The van der Waals surface area contributed by atoms with Gasteiger partial charge in [0.15, 0.2) is 6.61 Å². The highest BCUT2D eigenvalue weighted by molar-refractivity contribution is 5.95. The average Bonchev–Trinajstić information content (AvgIpc) is 3.21. The number of carbonyl (C=O) groups excluding carboxylic acids is 2. The number of nitrogens with zero attached hydrogens (tertiary/aromatic N) is 2. The molecule has 0 spiro atoms. The first-order valence-electron chi connectivity index (χ1n) is 10.8. The smallest absolute Gasteiger partial charge is 0.335 e. The van der Waals surface area contributed by atoms with E-state index < -0.39 is 12.1 Å². The number of hydrogen-bond donors (Lipinski definition) is 3. The van der Waals surface area contributed by atoms with Crippen molar-refractivity contribution in [1.82, 2.24) is 9.80 Å². The molecule has 1 fully saturated rings. The van der Waals surface area contributed by atoms with Crippen LogP contribution in [0.2, 0.25) is 0 Å². The van der Waals surface area contributed by atoms with Gasteiger partial charge in [0.2, 0.25) is 5.91 Å². The summed E-state index contributed by atoms with van der Waals surface area (Å²) in [4.78, 5) is 40.0. The van der Waals surface area contributed by atoms with Gasteiger partial charge in [-0.15, -0.1) is 0 Å². The Kier molecular flexibility index (Phi) is 6.62. The van der Waals surface area contributed by atoms with E-state index in [4.69, 9.17) is 4.74 Å². The summed E-state index contributed by atoms with van der Waals surface area (Å²) in [5, 5.41) is 22.1. The number of aliphatic hydroxyl groups is 1. The highest BCUT2D eigenvalue weighted by Crippen LogP contribution is 2.30. The minimum Gasteiger partial charge on any atom is -0.482 e. The Morgan fingerprint density at radius 2 is 2.09 bits per heavy atom. The third-order valence-electron chi connectivity index (χ3n) is 6.09. The van der Waals surface area contributed by atoms with E-state index in [1.54, 1.807) is 42.3 Å². The second-order valence-corrected chi connectivity index (χ2v) is 8.50. The fraction of sp³-hybridized carbons (Fsp3) is 0.375. The number of amides is 2. The number of rotatable bonds is 7. The number of carboxylic acid groups (broad SMARTS) is 1. The number of aliphatic hydroxyl groups excluding tert-OH is 1. The lowest BCUT2D eigenvalue weighted by Gasteiger charge is -2.32. The second kappa shape index (κ2) is 9.60. The Balaban J connectivity index is 1.55. The van der Waals surface area contributed by atoms with E-state index in [0.717, 1.165) is 11.1 Å². The molecule has 174 valence electrons. The summed E-state index contributed by atoms with van der Waals surface area (Å²) < 4.78 is 5.37. The first kappa shape index (κ1) is 22.8. The first-order valence-corrected chi connectivity index (χ1v) is 10.8. The number of carboxylic acids is 1. The van der Waals surface area contributed by atoms with E-state index in [-0.39, 0.29) is 36.4 Å². The zero-order valence-corrected chi connectivity index (χ0v) is 18.4. The molecule has 0 unspecified atom stereocenters. The topological polar surface area (TPSA) is 119 Å². The van der Waals surface area contributed by atoms with E-state index in [2.05, 4.69) is 10.2 Å². The van der Waals surface area contributed by atoms with Crippen LogP contribution >= 0.6 is 0 Å². The number of likely N-dealkylation sites (N-methyl/N-ethyl adjacent to an activating group) is 1. The largest absolute Gasteiger partial charge is 0.482 e. The fourth-order valence-electron chi connectivity index (χ4n) is 4.27. The molecule has 2 heterocycles. The van der Waals surface area contributed by atoms with E-state index in [0.29, 0.717) is 37.5 Å². The van der Waals surface area contributed by atoms with Crippen molar-refractivity contribution in [1.29, 1.82) is 0 Å². The molecule has 2 atom stereocenters. The molecule has 2 aliphatic heterocycles. The number of nitrogens with one attached hydrogen (secondary N) is 1. The molecule has 1 saturated heterocycles. The quantitative estimate of drug-likeness (QED) is 0.582. The molecule has 4 rings (SSSR count). The number of anilines is 1. The fourth-order valence-corrected chi connectivity index (χ4v) is 4.27. The van der Waals surface area contributed by atoms with E-state index in [1.807, 2.05) is 6.07 Å². The van der Waals surface area contributed by atoms with Gasteiger partial charge in [0.1, 0.15) is 5.75 Å². The first-order chi connectivity index (χ1) is 15.8. The summed E-state index contributed by atoms with van der Waals surface area (Å²) in [5.74, 6) is -0.854. The SMILES string of the molecule is CN(C(=O)Cc1ccc2c(c1)NC(=O)CO2)[C@H](CN1CC[C@@H](O)C1)c1cccc(C(=O)O)c1. The van der Waals surface area contributed by atoms with Crippen molar-refractivity contribution in [2.75, 3.05) is 38.6 Å². The van der Waals surface area contributed by atoms with Crippen LogP contribution in [0.5, 0.6) is 5.75 Å². The third kappa shape index (κ3) is 5.32. The van der Waals surface area contributed by atoms with Crippen molar-refractivity contribution >= 4 is 23.5 Å². The van der Waals surface area contributed by atoms with E-state index in [1.165, 1.54) is 6.07 Å². The van der Waals surface area contributed by atoms with Gasteiger partial charge in [-0.25, -0.2) is 4.79 Å². The maximum Gasteiger partial charge on any atom is 0.335 e. The van der Waals surface area contributed by atoms with Crippen molar-refractivity contribution in [2.45, 2.75) is 25.0 Å². The van der Waals surface area contributed by atoms with Gasteiger partial charge < -0.3 is 25.2 Å². The number of likely N-dealkylation sites (tertiary alicyclic amines) is 1. The molecule has 0 aromatic heterocycles.